The standard InChI is InChI=1S/C23H36N4O3/c1-25(2)18-23(29-4)9-13-26(14-10-23)17-20-7-5-8-21(28-3)22(20)30-16-6-12-27-15-11-24-19-27/h5,7-8,11,15,19H,6,9-10,12-14,16-18H2,1-4H3. The van der Waals surface area contributed by atoms with Crippen LogP contribution in [-0.2, 0) is 17.8 Å². The lowest BCUT2D eigenvalue weighted by molar-refractivity contribution is -0.0713. The van der Waals surface area contributed by atoms with Gasteiger partial charge >= 0.3 is 0 Å². The van der Waals surface area contributed by atoms with E-state index in [1.807, 2.05) is 31.8 Å². The fourth-order valence-corrected chi connectivity index (χ4v) is 4.21. The molecule has 7 nitrogen and oxygen atoms in total. The van der Waals surface area contributed by atoms with Gasteiger partial charge in [-0.05, 0) is 39.4 Å². The predicted octanol–water partition coefficient (Wildman–Crippen LogP) is 2.90. The first-order valence-electron chi connectivity index (χ1n) is 10.7. The molecule has 0 bridgehead atoms. The molecule has 0 amide bonds. The summed E-state index contributed by atoms with van der Waals surface area (Å²) in [7, 11) is 7.77. The van der Waals surface area contributed by atoms with Gasteiger partial charge in [0.2, 0.25) is 0 Å². The maximum Gasteiger partial charge on any atom is 0.165 e. The number of likely N-dealkylation sites (N-methyl/N-ethyl adjacent to an activating group) is 1. The SMILES string of the molecule is COc1cccc(CN2CCC(CN(C)C)(OC)CC2)c1OCCCn1ccnc1. The Kier molecular flexibility index (Phi) is 8.13. The van der Waals surface area contributed by atoms with Gasteiger partial charge in [-0.2, -0.15) is 0 Å². The second-order valence-corrected chi connectivity index (χ2v) is 8.35. The Labute approximate surface area is 180 Å². The Bertz CT molecular complexity index is 756. The number of hydrogen-bond donors (Lipinski definition) is 0. The zero-order chi connectivity index (χ0) is 21.4. The van der Waals surface area contributed by atoms with Crippen LogP contribution < -0.4 is 9.47 Å². The lowest BCUT2D eigenvalue weighted by atomic mass is 9.90. The maximum atomic E-state index is 6.20. The molecule has 1 aromatic heterocycles. The summed E-state index contributed by atoms with van der Waals surface area (Å²) in [4.78, 5) is 8.79. The molecule has 166 valence electrons. The highest BCUT2D eigenvalue weighted by Gasteiger charge is 2.35. The molecule has 0 unspecified atom stereocenters. The maximum absolute atomic E-state index is 6.20. The minimum absolute atomic E-state index is 0.0406. The summed E-state index contributed by atoms with van der Waals surface area (Å²) in [5, 5.41) is 0. The van der Waals surface area contributed by atoms with Crippen LogP contribution in [0.5, 0.6) is 11.5 Å². The van der Waals surface area contributed by atoms with E-state index < -0.39 is 0 Å². The van der Waals surface area contributed by atoms with Gasteiger partial charge in [0.25, 0.3) is 0 Å². The van der Waals surface area contributed by atoms with Gasteiger partial charge in [0.15, 0.2) is 11.5 Å². The summed E-state index contributed by atoms with van der Waals surface area (Å²) in [5.74, 6) is 1.66. The molecule has 1 aliphatic rings. The second-order valence-electron chi connectivity index (χ2n) is 8.35. The molecule has 30 heavy (non-hydrogen) atoms. The molecule has 0 N–H and O–H groups in total. The zero-order valence-electron chi connectivity index (χ0n) is 18.8. The van der Waals surface area contributed by atoms with E-state index in [4.69, 9.17) is 14.2 Å². The molecule has 0 radical (unpaired) electrons. The molecule has 1 aromatic carbocycles. The van der Waals surface area contributed by atoms with Crippen LogP contribution in [0.1, 0.15) is 24.8 Å². The second kappa shape index (κ2) is 10.8. The van der Waals surface area contributed by atoms with Crippen LogP contribution in [0.4, 0.5) is 0 Å². The number of rotatable bonds is 11. The number of ether oxygens (including phenoxy) is 3. The van der Waals surface area contributed by atoms with Crippen LogP contribution in [0.25, 0.3) is 0 Å². The summed E-state index contributed by atoms with van der Waals surface area (Å²) in [6.07, 6.45) is 8.59. The molecule has 3 rings (SSSR count). The lowest BCUT2D eigenvalue weighted by Crippen LogP contribution is -2.50. The van der Waals surface area contributed by atoms with Crippen LogP contribution in [0.15, 0.2) is 36.9 Å². The fourth-order valence-electron chi connectivity index (χ4n) is 4.21. The minimum atomic E-state index is -0.0406. The van der Waals surface area contributed by atoms with E-state index in [0.717, 1.165) is 63.5 Å². The number of para-hydroxylation sites is 1. The molecular weight excluding hydrogens is 380 g/mol. The van der Waals surface area contributed by atoms with Crippen LogP contribution in [0.2, 0.25) is 0 Å². The third-order valence-electron chi connectivity index (χ3n) is 5.85. The molecule has 1 saturated heterocycles. The molecule has 7 heteroatoms. The van der Waals surface area contributed by atoms with Crippen LogP contribution in [0, 0.1) is 0 Å². The van der Waals surface area contributed by atoms with Gasteiger partial charge in [-0.3, -0.25) is 4.90 Å². The molecule has 0 saturated carbocycles. The van der Waals surface area contributed by atoms with Crippen molar-refractivity contribution in [3.63, 3.8) is 0 Å². The molecule has 0 spiro atoms. The number of hydrogen-bond acceptors (Lipinski definition) is 6. The number of methoxy groups -OCH3 is 2. The van der Waals surface area contributed by atoms with E-state index in [0.29, 0.717) is 6.61 Å². The third-order valence-corrected chi connectivity index (χ3v) is 5.85. The first-order chi connectivity index (χ1) is 14.5. The Morgan fingerprint density at radius 2 is 1.97 bits per heavy atom. The van der Waals surface area contributed by atoms with Gasteiger partial charge in [-0.15, -0.1) is 0 Å². The van der Waals surface area contributed by atoms with Crippen molar-refractivity contribution in [2.45, 2.75) is 38.0 Å². The van der Waals surface area contributed by atoms with E-state index in [1.54, 1.807) is 13.3 Å². The highest BCUT2D eigenvalue weighted by atomic mass is 16.5. The highest BCUT2D eigenvalue weighted by Crippen LogP contribution is 2.34. The van der Waals surface area contributed by atoms with Crippen molar-refractivity contribution >= 4 is 0 Å². The van der Waals surface area contributed by atoms with Gasteiger partial charge in [0.05, 0.1) is 25.6 Å². The van der Waals surface area contributed by atoms with Crippen molar-refractivity contribution in [3.05, 3.63) is 42.5 Å². The molecular formula is C23H36N4O3. The summed E-state index contributed by atoms with van der Waals surface area (Å²) >= 11 is 0. The number of likely N-dealkylation sites (tertiary alicyclic amines) is 1. The molecule has 2 aromatic rings. The van der Waals surface area contributed by atoms with Gasteiger partial charge in [-0.1, -0.05) is 12.1 Å². The Hall–Kier alpha value is -2.09. The van der Waals surface area contributed by atoms with Crippen molar-refractivity contribution in [1.29, 1.82) is 0 Å². The molecule has 0 atom stereocenters. The zero-order valence-corrected chi connectivity index (χ0v) is 18.8. The summed E-state index contributed by atoms with van der Waals surface area (Å²) in [6.45, 7) is 5.37. The van der Waals surface area contributed by atoms with E-state index in [1.165, 1.54) is 5.56 Å². The number of aryl methyl sites for hydroxylation is 1. The average molecular weight is 417 g/mol. The van der Waals surface area contributed by atoms with Gasteiger partial charge in [0.1, 0.15) is 0 Å². The topological polar surface area (TPSA) is 52.0 Å². The highest BCUT2D eigenvalue weighted by molar-refractivity contribution is 5.46. The number of piperidine rings is 1. The summed E-state index contributed by atoms with van der Waals surface area (Å²) in [6, 6.07) is 6.16. The van der Waals surface area contributed by atoms with Crippen LogP contribution >= 0.6 is 0 Å². The predicted molar refractivity (Wildman–Crippen MR) is 118 cm³/mol. The van der Waals surface area contributed by atoms with Gasteiger partial charge in [-0.25, -0.2) is 4.98 Å². The van der Waals surface area contributed by atoms with Gasteiger partial charge in [0, 0.05) is 57.8 Å². The molecule has 1 fully saturated rings. The van der Waals surface area contributed by atoms with Gasteiger partial charge < -0.3 is 23.7 Å². The fraction of sp³-hybridized carbons (Fsp3) is 0.609. The van der Waals surface area contributed by atoms with Crippen molar-refractivity contribution in [2.75, 3.05) is 54.6 Å². The Morgan fingerprint density at radius 3 is 2.60 bits per heavy atom. The van der Waals surface area contributed by atoms with Crippen molar-refractivity contribution in [3.8, 4) is 11.5 Å². The van der Waals surface area contributed by atoms with Crippen molar-refractivity contribution in [1.82, 2.24) is 19.4 Å². The van der Waals surface area contributed by atoms with Crippen LogP contribution in [0.3, 0.4) is 0 Å². The summed E-state index contributed by atoms with van der Waals surface area (Å²) in [5.41, 5.74) is 1.13. The molecule has 1 aliphatic heterocycles. The lowest BCUT2D eigenvalue weighted by Gasteiger charge is -2.42. The van der Waals surface area contributed by atoms with E-state index in [-0.39, 0.29) is 5.60 Å². The Balaban J connectivity index is 1.59. The van der Waals surface area contributed by atoms with E-state index in [9.17, 15) is 0 Å². The van der Waals surface area contributed by atoms with E-state index in [2.05, 4.69) is 39.5 Å². The number of imidazole rings is 1. The van der Waals surface area contributed by atoms with Crippen molar-refractivity contribution in [2.24, 2.45) is 0 Å². The Morgan fingerprint density at radius 1 is 1.17 bits per heavy atom. The molecule has 2 heterocycles. The monoisotopic (exact) mass is 416 g/mol. The minimum Gasteiger partial charge on any atom is -0.493 e. The molecule has 0 aliphatic carbocycles. The number of nitrogens with zero attached hydrogens (tertiary/aromatic N) is 4. The quantitative estimate of drug-likeness (QED) is 0.525. The average Bonchev–Trinajstić information content (AvgIpc) is 3.26. The van der Waals surface area contributed by atoms with Crippen LogP contribution in [-0.4, -0.2) is 79.5 Å². The number of aromatic nitrogens is 2. The van der Waals surface area contributed by atoms with E-state index >= 15 is 0 Å². The summed E-state index contributed by atoms with van der Waals surface area (Å²) < 4.78 is 19.8. The first-order valence-corrected chi connectivity index (χ1v) is 10.7. The smallest absolute Gasteiger partial charge is 0.165 e. The third kappa shape index (κ3) is 5.97. The number of benzene rings is 1. The largest absolute Gasteiger partial charge is 0.493 e. The normalized spacial score (nSPS) is 16.7. The first kappa shape index (κ1) is 22.6. The van der Waals surface area contributed by atoms with Crippen molar-refractivity contribution < 1.29 is 14.2 Å².